The van der Waals surface area contributed by atoms with Crippen LogP contribution in [-0.4, -0.2) is 9.97 Å². The number of rotatable bonds is 2. The van der Waals surface area contributed by atoms with E-state index in [2.05, 4.69) is 16.9 Å². The molecule has 0 aliphatic rings. The Hall–Kier alpha value is -1.58. The van der Waals surface area contributed by atoms with E-state index in [0.717, 1.165) is 18.7 Å². The standard InChI is InChI=1S/C9H11N3O/c1-2-3-8-12-9-7(13-8)4-6(10)5-11-9/h4-5H,2-3,10H2,1H3. The Bertz CT molecular complexity index is 422. The lowest BCUT2D eigenvalue weighted by Crippen LogP contribution is -1.85. The van der Waals surface area contributed by atoms with Crippen molar-refractivity contribution in [3.63, 3.8) is 0 Å². The molecule has 68 valence electrons. The van der Waals surface area contributed by atoms with Crippen LogP contribution in [0.15, 0.2) is 16.7 Å². The van der Waals surface area contributed by atoms with Gasteiger partial charge >= 0.3 is 0 Å². The molecule has 0 unspecified atom stereocenters. The lowest BCUT2D eigenvalue weighted by molar-refractivity contribution is 0.525. The summed E-state index contributed by atoms with van der Waals surface area (Å²) in [5.41, 5.74) is 7.47. The summed E-state index contributed by atoms with van der Waals surface area (Å²) >= 11 is 0. The molecular weight excluding hydrogens is 166 g/mol. The average molecular weight is 177 g/mol. The quantitative estimate of drug-likeness (QED) is 0.759. The molecule has 0 amide bonds. The molecule has 4 heteroatoms. The molecule has 13 heavy (non-hydrogen) atoms. The molecule has 0 aromatic carbocycles. The Kier molecular flexibility index (Phi) is 1.88. The average Bonchev–Trinajstić information content (AvgIpc) is 2.46. The number of hydrogen-bond acceptors (Lipinski definition) is 4. The molecule has 0 spiro atoms. The van der Waals surface area contributed by atoms with E-state index in [4.69, 9.17) is 10.2 Å². The second kappa shape index (κ2) is 3.05. The van der Waals surface area contributed by atoms with Crippen molar-refractivity contribution in [2.75, 3.05) is 5.73 Å². The minimum Gasteiger partial charge on any atom is -0.439 e. The van der Waals surface area contributed by atoms with E-state index in [1.807, 2.05) is 0 Å². The van der Waals surface area contributed by atoms with Gasteiger partial charge in [0.05, 0.1) is 11.9 Å². The monoisotopic (exact) mass is 177 g/mol. The Labute approximate surface area is 75.8 Å². The molecule has 0 saturated carbocycles. The number of fused-ring (bicyclic) bond motifs is 1. The predicted molar refractivity (Wildman–Crippen MR) is 50.2 cm³/mol. The lowest BCUT2D eigenvalue weighted by atomic mass is 10.3. The fourth-order valence-electron chi connectivity index (χ4n) is 1.20. The minimum atomic E-state index is 0.603. The maximum atomic E-state index is 5.56. The maximum Gasteiger partial charge on any atom is 0.198 e. The van der Waals surface area contributed by atoms with Gasteiger partial charge in [-0.05, 0) is 6.42 Å². The van der Waals surface area contributed by atoms with E-state index < -0.39 is 0 Å². The first-order valence-corrected chi connectivity index (χ1v) is 4.30. The van der Waals surface area contributed by atoms with Crippen LogP contribution in [0.4, 0.5) is 5.69 Å². The zero-order valence-electron chi connectivity index (χ0n) is 7.45. The summed E-state index contributed by atoms with van der Waals surface area (Å²) < 4.78 is 5.44. The van der Waals surface area contributed by atoms with Gasteiger partial charge in [-0.2, -0.15) is 4.98 Å². The van der Waals surface area contributed by atoms with Crippen molar-refractivity contribution in [3.8, 4) is 0 Å². The summed E-state index contributed by atoms with van der Waals surface area (Å²) in [6.45, 7) is 2.08. The fraction of sp³-hybridized carbons (Fsp3) is 0.333. The highest BCUT2D eigenvalue weighted by Gasteiger charge is 2.05. The van der Waals surface area contributed by atoms with Gasteiger partial charge in [0.15, 0.2) is 17.1 Å². The summed E-state index contributed by atoms with van der Waals surface area (Å²) in [4.78, 5) is 8.26. The molecule has 0 aliphatic heterocycles. The first kappa shape index (κ1) is 8.04. The number of aryl methyl sites for hydroxylation is 1. The number of aromatic nitrogens is 2. The Balaban J connectivity index is 2.49. The number of pyridine rings is 1. The second-order valence-electron chi connectivity index (χ2n) is 2.95. The van der Waals surface area contributed by atoms with Crippen LogP contribution in [0.25, 0.3) is 11.2 Å². The van der Waals surface area contributed by atoms with Gasteiger partial charge in [-0.1, -0.05) is 6.92 Å². The number of oxazole rings is 1. The van der Waals surface area contributed by atoms with Gasteiger partial charge in [0.1, 0.15) is 0 Å². The van der Waals surface area contributed by atoms with E-state index in [-0.39, 0.29) is 0 Å². The smallest absolute Gasteiger partial charge is 0.198 e. The van der Waals surface area contributed by atoms with Gasteiger partial charge < -0.3 is 10.2 Å². The second-order valence-corrected chi connectivity index (χ2v) is 2.95. The fourth-order valence-corrected chi connectivity index (χ4v) is 1.20. The summed E-state index contributed by atoms with van der Waals surface area (Å²) in [5, 5.41) is 0. The maximum absolute atomic E-state index is 5.56. The van der Waals surface area contributed by atoms with E-state index in [1.165, 1.54) is 0 Å². The van der Waals surface area contributed by atoms with Crippen molar-refractivity contribution >= 4 is 16.9 Å². The third kappa shape index (κ3) is 1.47. The Morgan fingerprint density at radius 2 is 2.38 bits per heavy atom. The van der Waals surface area contributed by atoms with E-state index in [0.29, 0.717) is 16.9 Å². The highest BCUT2D eigenvalue weighted by molar-refractivity contribution is 5.71. The zero-order chi connectivity index (χ0) is 9.26. The van der Waals surface area contributed by atoms with E-state index in [9.17, 15) is 0 Å². The lowest BCUT2D eigenvalue weighted by Gasteiger charge is -1.87. The summed E-state index contributed by atoms with van der Waals surface area (Å²) in [6, 6.07) is 1.74. The molecular formula is C9H11N3O. The molecule has 2 heterocycles. The number of anilines is 1. The van der Waals surface area contributed by atoms with Crippen molar-refractivity contribution in [2.24, 2.45) is 0 Å². The molecule has 2 N–H and O–H groups in total. The number of nitrogens with two attached hydrogens (primary N) is 1. The SMILES string of the molecule is CCCc1nc2ncc(N)cc2o1. The number of nitrogen functional groups attached to an aromatic ring is 1. The normalized spacial score (nSPS) is 10.8. The molecule has 0 radical (unpaired) electrons. The highest BCUT2D eigenvalue weighted by atomic mass is 16.3. The van der Waals surface area contributed by atoms with Gasteiger partial charge in [-0.25, -0.2) is 4.98 Å². The predicted octanol–water partition coefficient (Wildman–Crippen LogP) is 1.76. The van der Waals surface area contributed by atoms with Crippen LogP contribution >= 0.6 is 0 Å². The largest absolute Gasteiger partial charge is 0.439 e. The Morgan fingerprint density at radius 3 is 3.15 bits per heavy atom. The highest BCUT2D eigenvalue weighted by Crippen LogP contribution is 2.16. The van der Waals surface area contributed by atoms with Crippen molar-refractivity contribution in [2.45, 2.75) is 19.8 Å². The minimum absolute atomic E-state index is 0.603. The molecule has 0 aliphatic carbocycles. The van der Waals surface area contributed by atoms with Gasteiger partial charge in [-0.15, -0.1) is 0 Å². The van der Waals surface area contributed by atoms with Crippen LogP contribution in [0, 0.1) is 0 Å². The van der Waals surface area contributed by atoms with Crippen molar-refractivity contribution in [3.05, 3.63) is 18.2 Å². The number of nitrogens with zero attached hydrogens (tertiary/aromatic N) is 2. The summed E-state index contributed by atoms with van der Waals surface area (Å²) in [6.07, 6.45) is 3.44. The summed E-state index contributed by atoms with van der Waals surface area (Å²) in [5.74, 6) is 0.732. The first-order valence-electron chi connectivity index (χ1n) is 4.30. The molecule has 0 bridgehead atoms. The first-order chi connectivity index (χ1) is 6.29. The topological polar surface area (TPSA) is 64.9 Å². The molecule has 2 rings (SSSR count). The van der Waals surface area contributed by atoms with Crippen LogP contribution in [0.3, 0.4) is 0 Å². The molecule has 0 saturated heterocycles. The van der Waals surface area contributed by atoms with Crippen LogP contribution in [0.2, 0.25) is 0 Å². The Morgan fingerprint density at radius 1 is 1.54 bits per heavy atom. The van der Waals surface area contributed by atoms with Gasteiger partial charge in [-0.3, -0.25) is 0 Å². The van der Waals surface area contributed by atoms with Crippen molar-refractivity contribution < 1.29 is 4.42 Å². The van der Waals surface area contributed by atoms with Crippen LogP contribution in [-0.2, 0) is 6.42 Å². The molecule has 2 aromatic heterocycles. The van der Waals surface area contributed by atoms with Crippen LogP contribution < -0.4 is 5.73 Å². The molecule has 2 aromatic rings. The third-order valence-electron chi connectivity index (χ3n) is 1.78. The van der Waals surface area contributed by atoms with Crippen LogP contribution in [0.1, 0.15) is 19.2 Å². The summed E-state index contributed by atoms with van der Waals surface area (Å²) in [7, 11) is 0. The van der Waals surface area contributed by atoms with Crippen molar-refractivity contribution in [1.29, 1.82) is 0 Å². The third-order valence-corrected chi connectivity index (χ3v) is 1.78. The molecule has 4 nitrogen and oxygen atoms in total. The van der Waals surface area contributed by atoms with Gasteiger partial charge in [0.25, 0.3) is 0 Å². The van der Waals surface area contributed by atoms with Gasteiger partial charge in [0, 0.05) is 12.5 Å². The zero-order valence-corrected chi connectivity index (χ0v) is 7.45. The van der Waals surface area contributed by atoms with Crippen molar-refractivity contribution in [1.82, 2.24) is 9.97 Å². The number of hydrogen-bond donors (Lipinski definition) is 1. The van der Waals surface area contributed by atoms with E-state index >= 15 is 0 Å². The van der Waals surface area contributed by atoms with E-state index in [1.54, 1.807) is 12.3 Å². The molecule has 0 atom stereocenters. The molecule has 0 fully saturated rings. The van der Waals surface area contributed by atoms with Gasteiger partial charge in [0.2, 0.25) is 0 Å². The van der Waals surface area contributed by atoms with Crippen LogP contribution in [0.5, 0.6) is 0 Å².